The Morgan fingerprint density at radius 2 is 1.78 bits per heavy atom. The molecule has 2 heterocycles. The van der Waals surface area contributed by atoms with Crippen LogP contribution in [0.2, 0.25) is 0 Å². The van der Waals surface area contributed by atoms with Gasteiger partial charge in [0.25, 0.3) is 0 Å². The molecule has 0 saturated carbocycles. The van der Waals surface area contributed by atoms with Crippen molar-refractivity contribution in [3.8, 4) is 5.88 Å². The molecule has 1 saturated heterocycles. The van der Waals surface area contributed by atoms with Gasteiger partial charge < -0.3 is 14.8 Å². The number of nitrogens with zero attached hydrogens (tertiary/aromatic N) is 2. The monoisotopic (exact) mass is 504 g/mol. The molecule has 0 unspecified atom stereocenters. The van der Waals surface area contributed by atoms with Gasteiger partial charge in [0.05, 0.1) is 36.4 Å². The van der Waals surface area contributed by atoms with Crippen molar-refractivity contribution in [1.82, 2.24) is 9.88 Å². The fourth-order valence-corrected chi connectivity index (χ4v) is 4.93. The summed E-state index contributed by atoms with van der Waals surface area (Å²) in [6, 6.07) is 22.8. The topological polar surface area (TPSA) is 107 Å². The van der Waals surface area contributed by atoms with E-state index in [0.29, 0.717) is 27.9 Å². The first kappa shape index (κ1) is 24.1. The average Bonchev–Trinajstić information content (AvgIpc) is 3.18. The molecule has 1 aliphatic rings. The van der Waals surface area contributed by atoms with E-state index in [1.807, 2.05) is 42.5 Å². The zero-order chi connectivity index (χ0) is 25.1. The van der Waals surface area contributed by atoms with Crippen molar-refractivity contribution in [2.45, 2.75) is 6.54 Å². The van der Waals surface area contributed by atoms with Crippen LogP contribution in [0.1, 0.15) is 16.7 Å². The van der Waals surface area contributed by atoms with Crippen molar-refractivity contribution in [1.29, 1.82) is 0 Å². The highest BCUT2D eigenvalue weighted by atomic mass is 32.2. The van der Waals surface area contributed by atoms with Crippen LogP contribution in [0, 0.1) is 0 Å². The van der Waals surface area contributed by atoms with Gasteiger partial charge in [-0.25, -0.2) is 13.4 Å². The number of aromatic amines is 1. The third-order valence-corrected chi connectivity index (χ3v) is 6.66. The van der Waals surface area contributed by atoms with Gasteiger partial charge in [0, 0.05) is 41.8 Å². The lowest BCUT2D eigenvalue weighted by atomic mass is 10.0. The summed E-state index contributed by atoms with van der Waals surface area (Å²) >= 11 is 0. The molecule has 1 aromatic heterocycles. The predicted octanol–water partition coefficient (Wildman–Crippen LogP) is 4.25. The number of morpholine rings is 1. The molecule has 1 aliphatic heterocycles. The van der Waals surface area contributed by atoms with E-state index in [1.165, 1.54) is 5.56 Å². The minimum atomic E-state index is -3.45. The second-order valence-electron chi connectivity index (χ2n) is 8.86. The molecule has 9 heteroatoms. The van der Waals surface area contributed by atoms with Crippen molar-refractivity contribution >= 4 is 38.0 Å². The number of anilines is 1. The summed E-state index contributed by atoms with van der Waals surface area (Å²) in [7, 11) is -3.45. The first-order chi connectivity index (χ1) is 17.4. The molecule has 0 spiro atoms. The Morgan fingerprint density at radius 1 is 1.06 bits per heavy atom. The molecule has 0 aliphatic carbocycles. The van der Waals surface area contributed by atoms with E-state index in [4.69, 9.17) is 9.73 Å². The smallest absolute Gasteiger partial charge is 0.229 e. The summed E-state index contributed by atoms with van der Waals surface area (Å²) in [6.07, 6.45) is 1.10. The van der Waals surface area contributed by atoms with Crippen LogP contribution >= 0.6 is 0 Å². The van der Waals surface area contributed by atoms with Gasteiger partial charge in [0.1, 0.15) is 0 Å². The maximum atomic E-state index is 11.8. The van der Waals surface area contributed by atoms with Gasteiger partial charge in [-0.2, -0.15) is 0 Å². The highest BCUT2D eigenvalue weighted by Gasteiger charge is 2.19. The second-order valence-corrected chi connectivity index (χ2v) is 10.6. The van der Waals surface area contributed by atoms with Crippen molar-refractivity contribution in [3.05, 3.63) is 89.5 Å². The van der Waals surface area contributed by atoms with Gasteiger partial charge in [0.2, 0.25) is 10.0 Å². The lowest BCUT2D eigenvalue weighted by Crippen LogP contribution is -2.35. The Morgan fingerprint density at radius 3 is 2.47 bits per heavy atom. The van der Waals surface area contributed by atoms with Gasteiger partial charge in [-0.15, -0.1) is 0 Å². The summed E-state index contributed by atoms with van der Waals surface area (Å²) in [5, 5.41) is 11.6. The number of hydrogen-bond donors (Lipinski definition) is 3. The van der Waals surface area contributed by atoms with Crippen molar-refractivity contribution in [3.63, 3.8) is 0 Å². The normalized spacial score (nSPS) is 15.3. The Kier molecular flexibility index (Phi) is 6.77. The number of ether oxygens (including phenoxy) is 1. The first-order valence-electron chi connectivity index (χ1n) is 11.7. The summed E-state index contributed by atoms with van der Waals surface area (Å²) in [4.78, 5) is 10.3. The number of H-pyrrole nitrogens is 1. The van der Waals surface area contributed by atoms with Crippen LogP contribution in [-0.4, -0.2) is 61.7 Å². The highest BCUT2D eigenvalue weighted by Crippen LogP contribution is 2.33. The number of rotatable bonds is 7. The zero-order valence-corrected chi connectivity index (χ0v) is 20.8. The lowest BCUT2D eigenvalue weighted by Gasteiger charge is -2.26. The molecule has 3 aromatic carbocycles. The molecule has 0 atom stereocenters. The maximum Gasteiger partial charge on any atom is 0.229 e. The molecule has 0 amide bonds. The van der Waals surface area contributed by atoms with Crippen molar-refractivity contribution in [2.75, 3.05) is 37.3 Å². The zero-order valence-electron chi connectivity index (χ0n) is 19.9. The standard InChI is InChI=1S/C27H28N4O4S/c1-36(33,34)30-22-11-12-24-23(17-22)25(27(32)29-24)26(20-5-3-2-4-6-20)28-21-9-7-19(8-10-21)18-31-13-15-35-16-14-31/h2-12,17,29-30,32H,13-16,18H2,1H3. The number of aliphatic imine (C=N–C) groups is 1. The first-order valence-corrected chi connectivity index (χ1v) is 13.6. The Balaban J connectivity index is 1.55. The molecular formula is C27H28N4O4S. The van der Waals surface area contributed by atoms with Gasteiger partial charge >= 0.3 is 0 Å². The molecule has 4 aromatic rings. The van der Waals surface area contributed by atoms with Crippen LogP contribution in [0.5, 0.6) is 5.88 Å². The highest BCUT2D eigenvalue weighted by molar-refractivity contribution is 7.92. The number of aromatic nitrogens is 1. The van der Waals surface area contributed by atoms with Gasteiger partial charge in [-0.1, -0.05) is 42.5 Å². The van der Waals surface area contributed by atoms with E-state index in [-0.39, 0.29) is 5.88 Å². The number of sulfonamides is 1. The molecular weight excluding hydrogens is 476 g/mol. The maximum absolute atomic E-state index is 11.8. The van der Waals surface area contributed by atoms with Crippen LogP contribution in [-0.2, 0) is 21.3 Å². The van der Waals surface area contributed by atoms with Crippen molar-refractivity contribution < 1.29 is 18.3 Å². The summed E-state index contributed by atoms with van der Waals surface area (Å²) in [6.45, 7) is 4.23. The number of aromatic hydroxyl groups is 1. The minimum absolute atomic E-state index is 0.0342. The molecule has 36 heavy (non-hydrogen) atoms. The van der Waals surface area contributed by atoms with Gasteiger partial charge in [-0.05, 0) is 35.9 Å². The third-order valence-electron chi connectivity index (χ3n) is 6.05. The SMILES string of the molecule is CS(=O)(=O)Nc1ccc2[nH]c(O)c(C(=Nc3ccc(CN4CCOCC4)cc3)c3ccccc3)c2c1. The fourth-order valence-electron chi connectivity index (χ4n) is 4.38. The van der Waals surface area contributed by atoms with E-state index < -0.39 is 10.0 Å². The van der Waals surface area contributed by atoms with Crippen LogP contribution in [0.15, 0.2) is 77.8 Å². The second kappa shape index (κ2) is 10.1. The van der Waals surface area contributed by atoms with E-state index >= 15 is 0 Å². The molecule has 8 nitrogen and oxygen atoms in total. The van der Waals surface area contributed by atoms with Crippen LogP contribution in [0.3, 0.4) is 0 Å². The van der Waals surface area contributed by atoms with Gasteiger partial charge in [0.15, 0.2) is 5.88 Å². The van der Waals surface area contributed by atoms with Crippen LogP contribution in [0.25, 0.3) is 10.9 Å². The molecule has 3 N–H and O–H groups in total. The molecule has 5 rings (SSSR count). The quantitative estimate of drug-likeness (QED) is 0.326. The summed E-state index contributed by atoms with van der Waals surface area (Å²) in [5.41, 5.74) is 4.94. The number of fused-ring (bicyclic) bond motifs is 1. The van der Waals surface area contributed by atoms with Crippen molar-refractivity contribution in [2.24, 2.45) is 4.99 Å². The number of hydrogen-bond acceptors (Lipinski definition) is 6. The Labute approximate surface area is 210 Å². The molecule has 186 valence electrons. The van der Waals surface area contributed by atoms with Gasteiger partial charge in [-0.3, -0.25) is 9.62 Å². The fraction of sp³-hybridized carbons (Fsp3) is 0.222. The molecule has 0 radical (unpaired) electrons. The van der Waals surface area contributed by atoms with Crippen LogP contribution in [0.4, 0.5) is 11.4 Å². The molecule has 1 fully saturated rings. The summed E-state index contributed by atoms with van der Waals surface area (Å²) < 4.78 is 31.5. The number of nitrogens with one attached hydrogen (secondary N) is 2. The minimum Gasteiger partial charge on any atom is -0.494 e. The van der Waals surface area contributed by atoms with E-state index in [2.05, 4.69) is 26.7 Å². The predicted molar refractivity (Wildman–Crippen MR) is 143 cm³/mol. The average molecular weight is 505 g/mol. The Hall–Kier alpha value is -3.66. The number of benzene rings is 3. The Bertz CT molecular complexity index is 1490. The molecule has 0 bridgehead atoms. The van der Waals surface area contributed by atoms with E-state index in [0.717, 1.165) is 50.4 Å². The van der Waals surface area contributed by atoms with E-state index in [9.17, 15) is 13.5 Å². The van der Waals surface area contributed by atoms with E-state index in [1.54, 1.807) is 18.2 Å². The summed E-state index contributed by atoms with van der Waals surface area (Å²) in [5.74, 6) is -0.0342. The lowest BCUT2D eigenvalue weighted by molar-refractivity contribution is 0.0342. The van der Waals surface area contributed by atoms with Crippen LogP contribution < -0.4 is 4.72 Å². The largest absolute Gasteiger partial charge is 0.494 e. The third kappa shape index (κ3) is 5.59.